The molecule has 0 bridgehead atoms. The van der Waals surface area contributed by atoms with Gasteiger partial charge in [-0.25, -0.2) is 9.97 Å². The Morgan fingerprint density at radius 1 is 1.04 bits per heavy atom. The summed E-state index contributed by atoms with van der Waals surface area (Å²) < 4.78 is 5.44. The van der Waals surface area contributed by atoms with Crippen LogP contribution in [0.1, 0.15) is 4.88 Å². The maximum Gasteiger partial charge on any atom is 0.143 e. The lowest BCUT2D eigenvalue weighted by molar-refractivity contribution is 0.417. The van der Waals surface area contributed by atoms with Gasteiger partial charge in [-0.05, 0) is 36.8 Å². The molecule has 0 atom stereocenters. The number of methoxy groups -OCH3 is 1. The van der Waals surface area contributed by atoms with Gasteiger partial charge in [0.05, 0.1) is 18.2 Å². The summed E-state index contributed by atoms with van der Waals surface area (Å²) in [6, 6.07) is 15.6. The van der Waals surface area contributed by atoms with Crippen LogP contribution in [0.2, 0.25) is 5.02 Å². The number of ether oxygens (including phenoxy) is 1. The normalized spacial score (nSPS) is 10.9. The van der Waals surface area contributed by atoms with Gasteiger partial charge < -0.3 is 10.1 Å². The molecular weight excluding hydrogens is 366 g/mol. The number of benzene rings is 2. The van der Waals surface area contributed by atoms with Crippen LogP contribution in [0.5, 0.6) is 5.75 Å². The monoisotopic (exact) mass is 381 g/mol. The first-order valence-corrected chi connectivity index (χ1v) is 9.27. The Morgan fingerprint density at radius 3 is 2.58 bits per heavy atom. The highest BCUT2D eigenvalue weighted by Crippen LogP contribution is 2.41. The van der Waals surface area contributed by atoms with E-state index < -0.39 is 0 Å². The Balaban J connectivity index is 1.89. The van der Waals surface area contributed by atoms with Crippen LogP contribution in [0.4, 0.5) is 11.5 Å². The Hall–Kier alpha value is -2.63. The number of hydrogen-bond donors (Lipinski definition) is 1. The SMILES string of the molecule is COc1ccccc1Nc1ncnc2sc(C)c(-c3ccc(Cl)cc3)c12. The number of nitrogens with zero attached hydrogens (tertiary/aromatic N) is 2. The van der Waals surface area contributed by atoms with E-state index in [0.717, 1.165) is 43.6 Å². The first-order chi connectivity index (χ1) is 12.7. The van der Waals surface area contributed by atoms with Gasteiger partial charge in [0.2, 0.25) is 0 Å². The standard InChI is InChI=1S/C20H16ClN3OS/c1-12-17(13-7-9-14(21)10-8-13)18-19(22-11-23-20(18)26-12)24-15-5-3-4-6-16(15)25-2/h3-11H,1-2H3,(H,22,23,24). The molecule has 0 unspecified atom stereocenters. The van der Waals surface area contributed by atoms with Crippen molar-refractivity contribution in [2.45, 2.75) is 6.92 Å². The van der Waals surface area contributed by atoms with Crippen LogP contribution in [0.3, 0.4) is 0 Å². The summed E-state index contributed by atoms with van der Waals surface area (Å²) in [4.78, 5) is 11.1. The fourth-order valence-corrected chi connectivity index (χ4v) is 4.12. The molecule has 2 heterocycles. The first-order valence-electron chi connectivity index (χ1n) is 8.07. The largest absolute Gasteiger partial charge is 0.495 e. The van der Waals surface area contributed by atoms with Gasteiger partial charge in [0.15, 0.2) is 0 Å². The second-order valence-corrected chi connectivity index (χ2v) is 7.41. The van der Waals surface area contributed by atoms with E-state index in [4.69, 9.17) is 16.3 Å². The molecule has 0 fully saturated rings. The number of nitrogens with one attached hydrogen (secondary N) is 1. The van der Waals surface area contributed by atoms with Gasteiger partial charge >= 0.3 is 0 Å². The van der Waals surface area contributed by atoms with Crippen molar-refractivity contribution in [3.8, 4) is 16.9 Å². The van der Waals surface area contributed by atoms with E-state index in [9.17, 15) is 0 Å². The minimum Gasteiger partial charge on any atom is -0.495 e. The minimum atomic E-state index is 0.717. The van der Waals surface area contributed by atoms with Crippen LogP contribution < -0.4 is 10.1 Å². The lowest BCUT2D eigenvalue weighted by atomic mass is 10.0. The molecule has 4 aromatic rings. The number of hydrogen-bond acceptors (Lipinski definition) is 5. The van der Waals surface area contributed by atoms with Gasteiger partial charge in [0.1, 0.15) is 22.7 Å². The van der Waals surface area contributed by atoms with Gasteiger partial charge in [-0.15, -0.1) is 11.3 Å². The number of aromatic nitrogens is 2. The zero-order valence-electron chi connectivity index (χ0n) is 14.3. The van der Waals surface area contributed by atoms with Gasteiger partial charge in [-0.3, -0.25) is 0 Å². The molecule has 0 saturated carbocycles. The Morgan fingerprint density at radius 2 is 1.81 bits per heavy atom. The van der Waals surface area contributed by atoms with Crippen molar-refractivity contribution in [1.82, 2.24) is 9.97 Å². The summed E-state index contributed by atoms with van der Waals surface area (Å²) in [7, 11) is 1.66. The fourth-order valence-electron chi connectivity index (χ4n) is 2.98. The predicted molar refractivity (Wildman–Crippen MR) is 109 cm³/mol. The van der Waals surface area contributed by atoms with Crippen LogP contribution in [0.15, 0.2) is 54.9 Å². The third-order valence-corrected chi connectivity index (χ3v) is 5.42. The number of thiophene rings is 1. The highest BCUT2D eigenvalue weighted by atomic mass is 35.5. The van der Waals surface area contributed by atoms with Crippen LogP contribution in [-0.2, 0) is 0 Å². The lowest BCUT2D eigenvalue weighted by Crippen LogP contribution is -1.98. The van der Waals surface area contributed by atoms with Gasteiger partial charge in [-0.2, -0.15) is 0 Å². The second-order valence-electron chi connectivity index (χ2n) is 5.77. The molecule has 130 valence electrons. The van der Waals surface area contributed by atoms with Crippen LogP contribution >= 0.6 is 22.9 Å². The van der Waals surface area contributed by atoms with Crippen molar-refractivity contribution in [2.75, 3.05) is 12.4 Å². The molecule has 1 N–H and O–H groups in total. The molecule has 0 aliphatic rings. The predicted octanol–water partition coefficient (Wildman–Crippen LogP) is 6.07. The smallest absolute Gasteiger partial charge is 0.143 e. The average molecular weight is 382 g/mol. The number of para-hydroxylation sites is 2. The van der Waals surface area contributed by atoms with Crippen LogP contribution in [-0.4, -0.2) is 17.1 Å². The highest BCUT2D eigenvalue weighted by Gasteiger charge is 2.17. The molecule has 0 spiro atoms. The van der Waals surface area contributed by atoms with E-state index in [-0.39, 0.29) is 0 Å². The Kier molecular flexibility index (Phi) is 4.49. The molecule has 2 aromatic heterocycles. The third-order valence-electron chi connectivity index (χ3n) is 4.16. The highest BCUT2D eigenvalue weighted by molar-refractivity contribution is 7.19. The first kappa shape index (κ1) is 16.8. The molecule has 4 rings (SSSR count). The summed E-state index contributed by atoms with van der Waals surface area (Å²) in [5, 5.41) is 5.13. The van der Waals surface area contributed by atoms with E-state index in [1.165, 1.54) is 4.88 Å². The summed E-state index contributed by atoms with van der Waals surface area (Å²) in [6.07, 6.45) is 1.58. The topological polar surface area (TPSA) is 47.0 Å². The van der Waals surface area contributed by atoms with Crippen molar-refractivity contribution >= 4 is 44.7 Å². The maximum atomic E-state index is 6.05. The minimum absolute atomic E-state index is 0.717. The number of rotatable bonds is 4. The molecule has 0 radical (unpaired) electrons. The van der Waals surface area contributed by atoms with Crippen molar-refractivity contribution < 1.29 is 4.74 Å². The lowest BCUT2D eigenvalue weighted by Gasteiger charge is -2.12. The van der Waals surface area contributed by atoms with Crippen molar-refractivity contribution in [3.63, 3.8) is 0 Å². The van der Waals surface area contributed by atoms with Gasteiger partial charge in [0.25, 0.3) is 0 Å². The number of halogens is 1. The van der Waals surface area contributed by atoms with Crippen molar-refractivity contribution in [3.05, 3.63) is 64.8 Å². The van der Waals surface area contributed by atoms with E-state index in [0.29, 0.717) is 0 Å². The Bertz CT molecular complexity index is 1080. The van der Waals surface area contributed by atoms with E-state index >= 15 is 0 Å². The molecular formula is C20H16ClN3OS. The zero-order chi connectivity index (χ0) is 18.1. The van der Waals surface area contributed by atoms with Crippen molar-refractivity contribution in [1.29, 1.82) is 0 Å². The average Bonchev–Trinajstić information content (AvgIpc) is 3.00. The van der Waals surface area contributed by atoms with Gasteiger partial charge in [-0.1, -0.05) is 35.9 Å². The summed E-state index contributed by atoms with van der Waals surface area (Å²) in [5.74, 6) is 1.52. The molecule has 0 saturated heterocycles. The molecule has 6 heteroatoms. The van der Waals surface area contributed by atoms with E-state index in [2.05, 4.69) is 22.2 Å². The zero-order valence-corrected chi connectivity index (χ0v) is 15.9. The molecule has 0 aliphatic carbocycles. The quantitative estimate of drug-likeness (QED) is 0.466. The van der Waals surface area contributed by atoms with Crippen LogP contribution in [0.25, 0.3) is 21.3 Å². The second kappa shape index (κ2) is 6.94. The molecule has 4 nitrogen and oxygen atoms in total. The fraction of sp³-hybridized carbons (Fsp3) is 0.100. The van der Waals surface area contributed by atoms with E-state index in [1.807, 2.05) is 48.5 Å². The summed E-state index contributed by atoms with van der Waals surface area (Å²) >= 11 is 7.71. The van der Waals surface area contributed by atoms with Crippen LogP contribution in [0, 0.1) is 6.92 Å². The molecule has 2 aromatic carbocycles. The third kappa shape index (κ3) is 3.00. The maximum absolute atomic E-state index is 6.05. The number of aryl methyl sites for hydroxylation is 1. The molecule has 26 heavy (non-hydrogen) atoms. The number of anilines is 2. The Labute approximate surface area is 160 Å². The van der Waals surface area contributed by atoms with Gasteiger partial charge in [0, 0.05) is 15.5 Å². The summed E-state index contributed by atoms with van der Waals surface area (Å²) in [5.41, 5.74) is 3.08. The molecule has 0 amide bonds. The summed E-state index contributed by atoms with van der Waals surface area (Å²) in [6.45, 7) is 2.10. The number of fused-ring (bicyclic) bond motifs is 1. The van der Waals surface area contributed by atoms with E-state index in [1.54, 1.807) is 24.8 Å². The molecule has 0 aliphatic heterocycles. The van der Waals surface area contributed by atoms with Crippen molar-refractivity contribution in [2.24, 2.45) is 0 Å².